The largest absolute Gasteiger partial charge is 0.307 e. The Labute approximate surface area is 121 Å². The predicted molar refractivity (Wildman–Crippen MR) is 77.8 cm³/mol. The van der Waals surface area contributed by atoms with Gasteiger partial charge in [0, 0.05) is 11.4 Å². The van der Waals surface area contributed by atoms with Crippen LogP contribution in [0, 0.1) is 0 Å². The first-order valence-electron chi connectivity index (χ1n) is 5.80. The third-order valence-electron chi connectivity index (χ3n) is 2.74. The van der Waals surface area contributed by atoms with Crippen molar-refractivity contribution in [3.63, 3.8) is 0 Å². The van der Waals surface area contributed by atoms with Gasteiger partial charge in [-0.2, -0.15) is 5.10 Å². The highest BCUT2D eigenvalue weighted by Crippen LogP contribution is 2.35. The summed E-state index contributed by atoms with van der Waals surface area (Å²) in [6.45, 7) is 2.97. The van der Waals surface area contributed by atoms with Crippen LogP contribution in [0.4, 0.5) is 0 Å². The fourth-order valence-corrected chi connectivity index (χ4v) is 3.48. The number of nitrogens with zero attached hydrogens (tertiary/aromatic N) is 2. The van der Waals surface area contributed by atoms with E-state index in [2.05, 4.69) is 17.3 Å². The number of aryl methyl sites for hydroxylation is 1. The second-order valence-electron chi connectivity index (χ2n) is 3.96. The third-order valence-corrected chi connectivity index (χ3v) is 4.45. The molecule has 0 saturated carbocycles. The summed E-state index contributed by atoms with van der Waals surface area (Å²) >= 11 is 14.1. The Kier molecular flexibility index (Phi) is 4.67. The number of thiophene rings is 1. The maximum atomic E-state index is 6.26. The molecule has 0 saturated heterocycles. The minimum atomic E-state index is -0.0148. The average Bonchev–Trinajstić information content (AvgIpc) is 2.91. The minimum Gasteiger partial charge on any atom is -0.307 e. The summed E-state index contributed by atoms with van der Waals surface area (Å²) in [6.07, 6.45) is 2.71. The lowest BCUT2D eigenvalue weighted by atomic mass is 10.1. The van der Waals surface area contributed by atoms with E-state index in [0.717, 1.165) is 28.6 Å². The molecule has 0 aromatic carbocycles. The highest BCUT2D eigenvalue weighted by Gasteiger charge is 2.23. The average molecular weight is 304 g/mol. The lowest BCUT2D eigenvalue weighted by Gasteiger charge is -2.18. The molecule has 1 N–H and O–H groups in total. The fourth-order valence-electron chi connectivity index (χ4n) is 1.95. The Bertz CT molecular complexity index is 521. The van der Waals surface area contributed by atoms with Crippen molar-refractivity contribution in [1.82, 2.24) is 15.1 Å². The van der Waals surface area contributed by atoms with E-state index in [1.165, 1.54) is 0 Å². The summed E-state index contributed by atoms with van der Waals surface area (Å²) in [6, 6.07) is 1.89. The standard InChI is InChI=1S/C12H15Cl2N3S/c1-3-5-17-11(9(14)7-16-17)10(15-2)12-8(13)4-6-18-12/h4,6-7,10,15H,3,5H2,1-2H3. The number of nitrogens with one attached hydrogen (secondary N) is 1. The molecule has 2 rings (SSSR count). The van der Waals surface area contributed by atoms with Gasteiger partial charge in [0.1, 0.15) is 0 Å². The molecule has 1 unspecified atom stereocenters. The van der Waals surface area contributed by atoms with Gasteiger partial charge in [0.25, 0.3) is 0 Å². The van der Waals surface area contributed by atoms with Crippen LogP contribution in [-0.4, -0.2) is 16.8 Å². The van der Waals surface area contributed by atoms with Crippen molar-refractivity contribution in [2.75, 3.05) is 7.05 Å². The predicted octanol–water partition coefficient (Wildman–Crippen LogP) is 3.97. The quantitative estimate of drug-likeness (QED) is 0.906. The number of halogens is 2. The molecule has 0 aliphatic heterocycles. The maximum absolute atomic E-state index is 6.26. The smallest absolute Gasteiger partial charge is 0.0869 e. The molecule has 98 valence electrons. The summed E-state index contributed by atoms with van der Waals surface area (Å²) in [4.78, 5) is 1.07. The van der Waals surface area contributed by atoms with E-state index in [-0.39, 0.29) is 6.04 Å². The monoisotopic (exact) mass is 303 g/mol. The molecule has 0 fully saturated rings. The van der Waals surface area contributed by atoms with E-state index in [9.17, 15) is 0 Å². The Morgan fingerprint density at radius 2 is 2.22 bits per heavy atom. The Morgan fingerprint density at radius 1 is 1.44 bits per heavy atom. The van der Waals surface area contributed by atoms with Crippen molar-refractivity contribution in [1.29, 1.82) is 0 Å². The van der Waals surface area contributed by atoms with E-state index in [1.807, 2.05) is 23.2 Å². The second-order valence-corrected chi connectivity index (χ2v) is 5.72. The van der Waals surface area contributed by atoms with Crippen LogP contribution in [0.2, 0.25) is 10.0 Å². The molecule has 0 bridgehead atoms. The molecule has 6 heteroatoms. The number of hydrogen-bond acceptors (Lipinski definition) is 3. The normalized spacial score (nSPS) is 12.9. The second kappa shape index (κ2) is 6.06. The van der Waals surface area contributed by atoms with E-state index in [0.29, 0.717) is 5.02 Å². The van der Waals surface area contributed by atoms with Crippen LogP contribution in [0.15, 0.2) is 17.6 Å². The van der Waals surface area contributed by atoms with Gasteiger partial charge < -0.3 is 5.32 Å². The van der Waals surface area contributed by atoms with Crippen molar-refractivity contribution in [3.05, 3.63) is 38.3 Å². The van der Waals surface area contributed by atoms with Gasteiger partial charge in [0.05, 0.1) is 28.0 Å². The molecule has 3 nitrogen and oxygen atoms in total. The van der Waals surface area contributed by atoms with Crippen molar-refractivity contribution in [2.24, 2.45) is 0 Å². The minimum absolute atomic E-state index is 0.0148. The van der Waals surface area contributed by atoms with Crippen molar-refractivity contribution in [3.8, 4) is 0 Å². The maximum Gasteiger partial charge on any atom is 0.0869 e. The van der Waals surface area contributed by atoms with Crippen LogP contribution in [0.1, 0.15) is 30.0 Å². The van der Waals surface area contributed by atoms with Gasteiger partial charge in [-0.25, -0.2) is 0 Å². The molecule has 0 amide bonds. The summed E-state index contributed by atoms with van der Waals surface area (Å²) in [5, 5.41) is 11.0. The van der Waals surface area contributed by atoms with Crippen LogP contribution < -0.4 is 5.32 Å². The molecule has 18 heavy (non-hydrogen) atoms. The van der Waals surface area contributed by atoms with Crippen LogP contribution in [0.3, 0.4) is 0 Å². The van der Waals surface area contributed by atoms with Gasteiger partial charge in [-0.3, -0.25) is 4.68 Å². The van der Waals surface area contributed by atoms with Crippen LogP contribution in [-0.2, 0) is 6.54 Å². The first-order valence-corrected chi connectivity index (χ1v) is 7.44. The third kappa shape index (κ3) is 2.57. The Morgan fingerprint density at radius 3 is 2.78 bits per heavy atom. The summed E-state index contributed by atoms with van der Waals surface area (Å²) in [5.74, 6) is 0. The van der Waals surface area contributed by atoms with Crippen molar-refractivity contribution >= 4 is 34.5 Å². The molecule has 0 spiro atoms. The molecule has 2 aromatic rings. The molecular formula is C12H15Cl2N3S. The lowest BCUT2D eigenvalue weighted by Crippen LogP contribution is -2.21. The summed E-state index contributed by atoms with van der Waals surface area (Å²) in [7, 11) is 1.90. The topological polar surface area (TPSA) is 29.9 Å². The molecule has 0 radical (unpaired) electrons. The van der Waals surface area contributed by atoms with Crippen LogP contribution in [0.5, 0.6) is 0 Å². The summed E-state index contributed by atoms with van der Waals surface area (Å²) < 4.78 is 1.94. The molecular weight excluding hydrogens is 289 g/mol. The first-order chi connectivity index (χ1) is 8.69. The van der Waals surface area contributed by atoms with Gasteiger partial charge in [-0.15, -0.1) is 11.3 Å². The SMILES string of the molecule is CCCn1ncc(Cl)c1C(NC)c1sccc1Cl. The number of rotatable bonds is 5. The highest BCUT2D eigenvalue weighted by molar-refractivity contribution is 7.10. The van der Waals surface area contributed by atoms with Gasteiger partial charge in [0.15, 0.2) is 0 Å². The molecule has 0 aliphatic rings. The molecule has 0 aliphatic carbocycles. The van der Waals surface area contributed by atoms with E-state index in [4.69, 9.17) is 23.2 Å². The fraction of sp³-hybridized carbons (Fsp3) is 0.417. The van der Waals surface area contributed by atoms with E-state index in [1.54, 1.807) is 17.5 Å². The zero-order chi connectivity index (χ0) is 13.1. The van der Waals surface area contributed by atoms with Crippen molar-refractivity contribution < 1.29 is 0 Å². The van der Waals surface area contributed by atoms with Crippen molar-refractivity contribution in [2.45, 2.75) is 25.9 Å². The molecule has 1 atom stereocenters. The highest BCUT2D eigenvalue weighted by atomic mass is 35.5. The zero-order valence-corrected chi connectivity index (χ0v) is 12.6. The zero-order valence-electron chi connectivity index (χ0n) is 10.3. The summed E-state index contributed by atoms with van der Waals surface area (Å²) in [5.41, 5.74) is 0.977. The number of aromatic nitrogens is 2. The van der Waals surface area contributed by atoms with Gasteiger partial charge in [0.2, 0.25) is 0 Å². The first kappa shape index (κ1) is 13.9. The van der Waals surface area contributed by atoms with Crippen LogP contribution in [0.25, 0.3) is 0 Å². The Hall–Kier alpha value is -0.550. The molecule has 2 aromatic heterocycles. The van der Waals surface area contributed by atoms with Crippen LogP contribution >= 0.6 is 34.5 Å². The number of hydrogen-bond donors (Lipinski definition) is 1. The van der Waals surface area contributed by atoms with Gasteiger partial charge in [-0.05, 0) is 24.9 Å². The van der Waals surface area contributed by atoms with E-state index < -0.39 is 0 Å². The van der Waals surface area contributed by atoms with E-state index >= 15 is 0 Å². The molecule has 2 heterocycles. The Balaban J connectivity index is 2.45. The van der Waals surface area contributed by atoms with Gasteiger partial charge >= 0.3 is 0 Å². The lowest BCUT2D eigenvalue weighted by molar-refractivity contribution is 0.538. The van der Waals surface area contributed by atoms with Gasteiger partial charge in [-0.1, -0.05) is 30.1 Å².